The Kier molecular flexibility index (Phi) is 3.45. The van der Waals surface area contributed by atoms with Crippen LogP contribution in [0.15, 0.2) is 29.2 Å². The molecular weight excluding hydrogens is 352 g/mol. The third kappa shape index (κ3) is 2.35. The Morgan fingerprint density at radius 3 is 2.28 bits per heavy atom. The fraction of sp³-hybridized carbons (Fsp3) is 0.467. The number of fused-ring (bicyclic) bond motifs is 5. The normalized spacial score (nSPS) is 30.8. The van der Waals surface area contributed by atoms with Crippen molar-refractivity contribution >= 4 is 27.6 Å². The van der Waals surface area contributed by atoms with Gasteiger partial charge in [-0.2, -0.15) is 8.42 Å². The fourth-order valence-corrected chi connectivity index (χ4v) is 5.29. The molecule has 0 N–H and O–H groups in total. The number of nitro benzene ring substituents is 1. The van der Waals surface area contributed by atoms with E-state index in [1.165, 1.54) is 6.07 Å². The Labute approximate surface area is 142 Å². The summed E-state index contributed by atoms with van der Waals surface area (Å²) < 4.78 is 29.5. The van der Waals surface area contributed by atoms with Gasteiger partial charge in [-0.3, -0.25) is 19.7 Å². The number of carbonyl (C=O) groups excluding carboxylic acids is 2. The highest BCUT2D eigenvalue weighted by Crippen LogP contribution is 2.56. The molecule has 1 aromatic rings. The van der Waals surface area contributed by atoms with Crippen LogP contribution in [0.4, 0.5) is 5.69 Å². The van der Waals surface area contributed by atoms with Crippen molar-refractivity contribution in [3.05, 3.63) is 34.4 Å². The molecule has 4 atom stereocenters. The molecule has 0 radical (unpaired) electrons. The molecule has 1 saturated heterocycles. The third-order valence-electron chi connectivity index (χ3n) is 5.38. The number of hydrogen-bond acceptors (Lipinski definition) is 7. The van der Waals surface area contributed by atoms with Crippen molar-refractivity contribution < 1.29 is 27.2 Å². The number of amides is 2. The SMILES string of the molecule is O=C1[C@H]2[C@@H]3CC[C@@H](C3)[C@@H]2C(=O)N1OS(=O)(=O)c1cccc([N+](=O)[O-])c1. The average Bonchev–Trinajstić information content (AvgIpc) is 3.25. The molecule has 0 aromatic heterocycles. The van der Waals surface area contributed by atoms with E-state index >= 15 is 0 Å². The monoisotopic (exact) mass is 366 g/mol. The van der Waals surface area contributed by atoms with Gasteiger partial charge in [0.25, 0.3) is 17.5 Å². The molecule has 25 heavy (non-hydrogen) atoms. The molecular formula is C15H14N2O7S. The summed E-state index contributed by atoms with van der Waals surface area (Å²) in [6.45, 7) is 0. The first kappa shape index (κ1) is 16.2. The van der Waals surface area contributed by atoms with Gasteiger partial charge in [-0.25, -0.2) is 0 Å². The maximum atomic E-state index is 12.5. The molecule has 2 bridgehead atoms. The van der Waals surface area contributed by atoms with Crippen LogP contribution in [0.3, 0.4) is 0 Å². The summed E-state index contributed by atoms with van der Waals surface area (Å²) >= 11 is 0. The molecule has 10 heteroatoms. The number of benzene rings is 1. The second-order valence-corrected chi connectivity index (χ2v) is 8.17. The van der Waals surface area contributed by atoms with Gasteiger partial charge in [0, 0.05) is 12.1 Å². The lowest BCUT2D eigenvalue weighted by atomic mass is 9.81. The van der Waals surface area contributed by atoms with E-state index in [-0.39, 0.29) is 11.8 Å². The van der Waals surface area contributed by atoms with E-state index in [0.29, 0.717) is 5.06 Å². The van der Waals surface area contributed by atoms with Gasteiger partial charge in [-0.05, 0) is 37.2 Å². The summed E-state index contributed by atoms with van der Waals surface area (Å²) in [7, 11) is -4.53. The molecule has 2 amide bonds. The minimum atomic E-state index is -4.53. The number of nitrogens with zero attached hydrogens (tertiary/aromatic N) is 2. The van der Waals surface area contributed by atoms with E-state index in [1.807, 2.05) is 0 Å². The maximum absolute atomic E-state index is 12.5. The standard InChI is InChI=1S/C15H14N2O7S/c18-14-12-8-4-5-9(6-8)13(12)15(19)16(14)24-25(22,23)11-3-1-2-10(7-11)17(20)21/h1-3,7-9,12-13H,4-6H2/t8-,9+,12-,13-/m0/s1. The molecule has 1 aromatic carbocycles. The lowest BCUT2D eigenvalue weighted by Gasteiger charge is -2.18. The van der Waals surface area contributed by atoms with E-state index in [1.54, 1.807) is 0 Å². The van der Waals surface area contributed by atoms with Crippen LogP contribution in [0.25, 0.3) is 0 Å². The van der Waals surface area contributed by atoms with Gasteiger partial charge in [0.1, 0.15) is 4.90 Å². The summed E-state index contributed by atoms with van der Waals surface area (Å²) in [6.07, 6.45) is 2.53. The zero-order valence-corrected chi connectivity index (χ0v) is 13.7. The second kappa shape index (κ2) is 5.33. The number of non-ortho nitro benzene ring substituents is 1. The van der Waals surface area contributed by atoms with Gasteiger partial charge in [-0.1, -0.05) is 6.07 Å². The second-order valence-electron chi connectivity index (χ2n) is 6.64. The molecule has 132 valence electrons. The molecule has 2 aliphatic carbocycles. The molecule has 0 unspecified atom stereocenters. The highest BCUT2D eigenvalue weighted by molar-refractivity contribution is 7.86. The number of carbonyl (C=O) groups is 2. The highest BCUT2D eigenvalue weighted by Gasteiger charge is 2.62. The van der Waals surface area contributed by atoms with Crippen LogP contribution in [-0.2, 0) is 24.0 Å². The Hall–Kier alpha value is -2.33. The van der Waals surface area contributed by atoms with Gasteiger partial charge in [-0.15, -0.1) is 9.35 Å². The number of rotatable bonds is 4. The summed E-state index contributed by atoms with van der Waals surface area (Å²) in [5.74, 6) is -2.08. The zero-order chi connectivity index (χ0) is 17.9. The van der Waals surface area contributed by atoms with Gasteiger partial charge in [0.2, 0.25) is 0 Å². The van der Waals surface area contributed by atoms with Crippen LogP contribution >= 0.6 is 0 Å². The van der Waals surface area contributed by atoms with E-state index in [4.69, 9.17) is 4.28 Å². The van der Waals surface area contributed by atoms with E-state index < -0.39 is 49.3 Å². The van der Waals surface area contributed by atoms with Crippen molar-refractivity contribution in [3.63, 3.8) is 0 Å². The molecule has 2 saturated carbocycles. The van der Waals surface area contributed by atoms with E-state index in [9.17, 15) is 28.1 Å². The molecule has 9 nitrogen and oxygen atoms in total. The summed E-state index contributed by atoms with van der Waals surface area (Å²) in [5, 5.41) is 11.1. The van der Waals surface area contributed by atoms with Crippen molar-refractivity contribution in [3.8, 4) is 0 Å². The topological polar surface area (TPSA) is 124 Å². The number of hydrogen-bond donors (Lipinski definition) is 0. The Balaban J connectivity index is 1.61. The first-order valence-corrected chi connectivity index (χ1v) is 9.27. The molecule has 3 fully saturated rings. The largest absolute Gasteiger partial charge is 0.318 e. The van der Waals surface area contributed by atoms with Gasteiger partial charge in [0.05, 0.1) is 16.8 Å². The average molecular weight is 366 g/mol. The van der Waals surface area contributed by atoms with Crippen LogP contribution in [0.2, 0.25) is 0 Å². The number of hydroxylamine groups is 2. The van der Waals surface area contributed by atoms with Crippen molar-refractivity contribution in [2.75, 3.05) is 0 Å². The summed E-state index contributed by atoms with van der Waals surface area (Å²) in [5.41, 5.74) is -0.432. The lowest BCUT2D eigenvalue weighted by molar-refractivity contribution is -0.385. The fourth-order valence-electron chi connectivity index (χ4n) is 4.35. The van der Waals surface area contributed by atoms with E-state index in [2.05, 4.69) is 0 Å². The van der Waals surface area contributed by atoms with Crippen molar-refractivity contribution in [1.82, 2.24) is 5.06 Å². The van der Waals surface area contributed by atoms with Crippen molar-refractivity contribution in [2.45, 2.75) is 24.2 Å². The Morgan fingerprint density at radius 1 is 1.12 bits per heavy atom. The quantitative estimate of drug-likeness (QED) is 0.446. The molecule has 1 aliphatic heterocycles. The van der Waals surface area contributed by atoms with Gasteiger partial charge in [0.15, 0.2) is 0 Å². The predicted molar refractivity (Wildman–Crippen MR) is 81.0 cm³/mol. The minimum absolute atomic E-state index is 0.0977. The number of nitro groups is 1. The zero-order valence-electron chi connectivity index (χ0n) is 12.9. The third-order valence-corrected chi connectivity index (χ3v) is 6.55. The predicted octanol–water partition coefficient (Wildman–Crippen LogP) is 1.25. The number of imide groups is 1. The van der Waals surface area contributed by atoms with Crippen LogP contribution in [0, 0.1) is 33.8 Å². The highest BCUT2D eigenvalue weighted by atomic mass is 32.2. The van der Waals surface area contributed by atoms with Crippen molar-refractivity contribution in [2.24, 2.45) is 23.7 Å². The maximum Gasteiger partial charge on any atom is 0.318 e. The lowest BCUT2D eigenvalue weighted by Crippen LogP contribution is -2.35. The summed E-state index contributed by atoms with van der Waals surface area (Å²) in [4.78, 5) is 34.5. The molecule has 3 aliphatic rings. The van der Waals surface area contributed by atoms with Crippen LogP contribution in [-0.4, -0.2) is 30.2 Å². The minimum Gasteiger partial charge on any atom is -0.272 e. The van der Waals surface area contributed by atoms with E-state index in [0.717, 1.165) is 37.5 Å². The molecule has 4 rings (SSSR count). The van der Waals surface area contributed by atoms with Gasteiger partial charge >= 0.3 is 10.1 Å². The molecule has 0 spiro atoms. The summed E-state index contributed by atoms with van der Waals surface area (Å²) in [6, 6.07) is 4.26. The first-order valence-electron chi connectivity index (χ1n) is 7.86. The first-order chi connectivity index (χ1) is 11.8. The Morgan fingerprint density at radius 2 is 1.72 bits per heavy atom. The van der Waals surface area contributed by atoms with Crippen LogP contribution < -0.4 is 0 Å². The van der Waals surface area contributed by atoms with Crippen LogP contribution in [0.5, 0.6) is 0 Å². The Bertz CT molecular complexity index is 869. The van der Waals surface area contributed by atoms with Crippen molar-refractivity contribution in [1.29, 1.82) is 0 Å². The van der Waals surface area contributed by atoms with Gasteiger partial charge < -0.3 is 0 Å². The molecule has 1 heterocycles. The van der Waals surface area contributed by atoms with Crippen LogP contribution in [0.1, 0.15) is 19.3 Å². The smallest absolute Gasteiger partial charge is 0.272 e.